The summed E-state index contributed by atoms with van der Waals surface area (Å²) in [6.07, 6.45) is 1.70. The first-order valence-corrected chi connectivity index (χ1v) is 5.39. The number of thiocarbonyl (C=S) groups is 1. The molecule has 0 bridgehead atoms. The van der Waals surface area contributed by atoms with Crippen molar-refractivity contribution in [2.75, 3.05) is 0 Å². The quantitative estimate of drug-likeness (QED) is 0.773. The molecule has 0 amide bonds. The topological polar surface area (TPSA) is 50.1 Å². The van der Waals surface area contributed by atoms with Gasteiger partial charge in [0, 0.05) is 6.04 Å². The molecule has 1 unspecified atom stereocenters. The van der Waals surface area contributed by atoms with Crippen LogP contribution in [0.5, 0.6) is 0 Å². The summed E-state index contributed by atoms with van der Waals surface area (Å²) in [4.78, 5) is 4.13. The zero-order valence-corrected chi connectivity index (χ0v) is 10.3. The molecule has 15 heavy (non-hydrogen) atoms. The summed E-state index contributed by atoms with van der Waals surface area (Å²) in [7, 11) is 0. The summed E-state index contributed by atoms with van der Waals surface area (Å²) in [5.41, 5.74) is 0. The van der Waals surface area contributed by atoms with Crippen LogP contribution in [0.2, 0.25) is 0 Å². The predicted octanol–water partition coefficient (Wildman–Crippen LogP) is 1.92. The lowest BCUT2D eigenvalue weighted by Gasteiger charge is -2.16. The SMILES string of the molecule is Cc1cnc(C(C)NC(=S)NC(C)C)o1. The largest absolute Gasteiger partial charge is 0.444 e. The van der Waals surface area contributed by atoms with Crippen molar-refractivity contribution < 1.29 is 4.42 Å². The summed E-state index contributed by atoms with van der Waals surface area (Å²) in [5.74, 6) is 1.46. The Morgan fingerprint density at radius 1 is 1.40 bits per heavy atom. The molecule has 84 valence electrons. The Morgan fingerprint density at radius 2 is 2.07 bits per heavy atom. The van der Waals surface area contributed by atoms with E-state index in [1.54, 1.807) is 6.20 Å². The van der Waals surface area contributed by atoms with E-state index < -0.39 is 0 Å². The minimum atomic E-state index is -0.0163. The fourth-order valence-electron chi connectivity index (χ4n) is 1.13. The van der Waals surface area contributed by atoms with Gasteiger partial charge >= 0.3 is 0 Å². The molecule has 0 aliphatic heterocycles. The van der Waals surface area contributed by atoms with Crippen LogP contribution in [0.25, 0.3) is 0 Å². The Bertz CT molecular complexity index is 335. The number of aromatic nitrogens is 1. The van der Waals surface area contributed by atoms with Crippen LogP contribution >= 0.6 is 12.2 Å². The third-order valence-corrected chi connectivity index (χ3v) is 2.01. The first kappa shape index (κ1) is 12.0. The van der Waals surface area contributed by atoms with E-state index in [0.717, 1.165) is 5.76 Å². The van der Waals surface area contributed by atoms with Gasteiger partial charge in [-0.25, -0.2) is 4.98 Å². The molecule has 4 nitrogen and oxygen atoms in total. The van der Waals surface area contributed by atoms with Gasteiger partial charge in [0.15, 0.2) is 5.11 Å². The lowest BCUT2D eigenvalue weighted by Crippen LogP contribution is -2.40. The van der Waals surface area contributed by atoms with Crippen LogP contribution in [0.15, 0.2) is 10.6 Å². The van der Waals surface area contributed by atoms with Crippen molar-refractivity contribution in [3.05, 3.63) is 17.8 Å². The highest BCUT2D eigenvalue weighted by Gasteiger charge is 2.12. The van der Waals surface area contributed by atoms with E-state index in [2.05, 4.69) is 15.6 Å². The second-order valence-electron chi connectivity index (χ2n) is 3.80. The second-order valence-corrected chi connectivity index (χ2v) is 4.21. The first-order chi connectivity index (χ1) is 6.99. The molecule has 1 atom stereocenters. The van der Waals surface area contributed by atoms with E-state index in [0.29, 0.717) is 17.0 Å². The predicted molar refractivity (Wildman–Crippen MR) is 63.7 cm³/mol. The number of aryl methyl sites for hydroxylation is 1. The highest BCUT2D eigenvalue weighted by atomic mass is 32.1. The van der Waals surface area contributed by atoms with Crippen molar-refractivity contribution in [3.63, 3.8) is 0 Å². The molecule has 1 aromatic heterocycles. The smallest absolute Gasteiger partial charge is 0.216 e. The second kappa shape index (κ2) is 5.11. The minimum absolute atomic E-state index is 0.0163. The summed E-state index contributed by atoms with van der Waals surface area (Å²) in [6.45, 7) is 7.90. The molecule has 1 heterocycles. The number of oxazole rings is 1. The van der Waals surface area contributed by atoms with E-state index >= 15 is 0 Å². The van der Waals surface area contributed by atoms with Gasteiger partial charge in [0.1, 0.15) is 11.8 Å². The van der Waals surface area contributed by atoms with Crippen LogP contribution in [-0.2, 0) is 0 Å². The number of nitrogens with one attached hydrogen (secondary N) is 2. The Balaban J connectivity index is 2.48. The van der Waals surface area contributed by atoms with E-state index in [4.69, 9.17) is 16.6 Å². The molecule has 0 radical (unpaired) electrons. The average Bonchev–Trinajstić information content (AvgIpc) is 2.49. The maximum absolute atomic E-state index is 5.39. The van der Waals surface area contributed by atoms with Gasteiger partial charge < -0.3 is 15.1 Å². The first-order valence-electron chi connectivity index (χ1n) is 4.98. The number of hydrogen-bond acceptors (Lipinski definition) is 3. The fraction of sp³-hybridized carbons (Fsp3) is 0.600. The van der Waals surface area contributed by atoms with Crippen molar-refractivity contribution >= 4 is 17.3 Å². The van der Waals surface area contributed by atoms with Crippen molar-refractivity contribution in [1.29, 1.82) is 0 Å². The van der Waals surface area contributed by atoms with Gasteiger partial charge in [0.25, 0.3) is 0 Å². The molecule has 0 saturated heterocycles. The molecule has 0 aliphatic carbocycles. The summed E-state index contributed by atoms with van der Waals surface area (Å²) >= 11 is 5.12. The van der Waals surface area contributed by atoms with Gasteiger partial charge in [-0.2, -0.15) is 0 Å². The average molecular weight is 227 g/mol. The molecule has 2 N–H and O–H groups in total. The van der Waals surface area contributed by atoms with E-state index in [-0.39, 0.29) is 6.04 Å². The van der Waals surface area contributed by atoms with Gasteiger partial charge in [-0.05, 0) is 39.9 Å². The summed E-state index contributed by atoms with van der Waals surface area (Å²) in [6, 6.07) is 0.306. The number of nitrogens with zero attached hydrogens (tertiary/aromatic N) is 1. The van der Waals surface area contributed by atoms with Crippen LogP contribution in [0.4, 0.5) is 0 Å². The van der Waals surface area contributed by atoms with E-state index in [1.807, 2.05) is 27.7 Å². The van der Waals surface area contributed by atoms with Crippen molar-refractivity contribution in [2.24, 2.45) is 0 Å². The van der Waals surface area contributed by atoms with Gasteiger partial charge in [-0.3, -0.25) is 0 Å². The molecule has 1 rings (SSSR count). The maximum Gasteiger partial charge on any atom is 0.216 e. The maximum atomic E-state index is 5.39. The molecule has 0 aromatic carbocycles. The van der Waals surface area contributed by atoms with Gasteiger partial charge in [0.2, 0.25) is 5.89 Å². The van der Waals surface area contributed by atoms with Crippen LogP contribution in [-0.4, -0.2) is 16.1 Å². The molecule has 0 fully saturated rings. The lowest BCUT2D eigenvalue weighted by molar-refractivity contribution is 0.428. The molecule has 5 heteroatoms. The van der Waals surface area contributed by atoms with Crippen LogP contribution in [0.3, 0.4) is 0 Å². The van der Waals surface area contributed by atoms with E-state index in [1.165, 1.54) is 0 Å². The van der Waals surface area contributed by atoms with Gasteiger partial charge in [0.05, 0.1) is 6.20 Å². The fourth-order valence-corrected chi connectivity index (χ4v) is 1.55. The molecular weight excluding hydrogens is 210 g/mol. The Hall–Kier alpha value is -1.10. The number of rotatable bonds is 3. The number of hydrogen-bond donors (Lipinski definition) is 2. The highest BCUT2D eigenvalue weighted by molar-refractivity contribution is 7.80. The molecule has 0 aliphatic rings. The molecule has 1 aromatic rings. The Morgan fingerprint density at radius 3 is 2.53 bits per heavy atom. The zero-order valence-electron chi connectivity index (χ0n) is 9.50. The van der Waals surface area contributed by atoms with Crippen molar-refractivity contribution in [1.82, 2.24) is 15.6 Å². The summed E-state index contributed by atoms with van der Waals surface area (Å²) in [5, 5.41) is 6.82. The summed E-state index contributed by atoms with van der Waals surface area (Å²) < 4.78 is 5.39. The Labute approximate surface area is 95.5 Å². The normalized spacial score (nSPS) is 12.6. The van der Waals surface area contributed by atoms with Crippen molar-refractivity contribution in [3.8, 4) is 0 Å². The third kappa shape index (κ3) is 3.87. The molecule has 0 spiro atoms. The van der Waals surface area contributed by atoms with Crippen LogP contribution in [0.1, 0.15) is 38.5 Å². The zero-order chi connectivity index (χ0) is 11.4. The van der Waals surface area contributed by atoms with Crippen LogP contribution < -0.4 is 10.6 Å². The van der Waals surface area contributed by atoms with E-state index in [9.17, 15) is 0 Å². The molecular formula is C10H17N3OS. The molecule has 0 saturated carbocycles. The third-order valence-electron chi connectivity index (χ3n) is 1.78. The minimum Gasteiger partial charge on any atom is -0.444 e. The van der Waals surface area contributed by atoms with Crippen LogP contribution in [0, 0.1) is 6.92 Å². The lowest BCUT2D eigenvalue weighted by atomic mass is 10.3. The highest BCUT2D eigenvalue weighted by Crippen LogP contribution is 2.11. The van der Waals surface area contributed by atoms with Crippen molar-refractivity contribution in [2.45, 2.75) is 39.8 Å². The standard InChI is InChI=1S/C10H17N3OS/c1-6(2)12-10(15)13-8(4)9-11-5-7(3)14-9/h5-6,8H,1-4H3,(H2,12,13,15). The van der Waals surface area contributed by atoms with Gasteiger partial charge in [-0.15, -0.1) is 0 Å². The van der Waals surface area contributed by atoms with Gasteiger partial charge in [-0.1, -0.05) is 0 Å². The monoisotopic (exact) mass is 227 g/mol. The Kier molecular flexibility index (Phi) is 4.08.